The van der Waals surface area contributed by atoms with Gasteiger partial charge >= 0.3 is 0 Å². The molecule has 0 fully saturated rings. The number of rotatable bonds is 3. The summed E-state index contributed by atoms with van der Waals surface area (Å²) in [4.78, 5) is 9.73. The van der Waals surface area contributed by atoms with Crippen molar-refractivity contribution in [2.75, 3.05) is 0 Å². The topological polar surface area (TPSA) is 72.3 Å². The lowest BCUT2D eigenvalue weighted by atomic mass is 9.83. The Labute approximate surface area is 248 Å². The second-order valence-corrected chi connectivity index (χ2v) is 12.0. The van der Waals surface area contributed by atoms with Crippen molar-refractivity contribution >= 4 is 43.9 Å². The summed E-state index contributed by atoms with van der Waals surface area (Å²) >= 11 is 0. The van der Waals surface area contributed by atoms with Crippen LogP contribution >= 0.6 is 0 Å². The molecule has 0 bridgehead atoms. The monoisotopic (exact) mass is 560 g/mol. The quantitative estimate of drug-likeness (QED) is 0.233. The van der Waals surface area contributed by atoms with E-state index in [2.05, 4.69) is 63.2 Å². The Kier molecular flexibility index (Phi) is 5.47. The predicted molar refractivity (Wildman–Crippen MR) is 173 cm³/mol. The van der Waals surface area contributed by atoms with E-state index in [4.69, 9.17) is 18.8 Å². The Hall–Kier alpha value is -5.42. The standard InChI is InChI=1S/C38H28N2O3/c1-38(2,3)24-18-22-10-9-17-39-34(22)28(21-24)30-20-23(19-29-26-11-5-7-15-32(26)42-36(29)30)25-13-8-16-33-35(25)40-37(43-33)27-12-4-6-14-31(27)41/h4-21,41H,1-3H3. The summed E-state index contributed by atoms with van der Waals surface area (Å²) in [7, 11) is 0. The van der Waals surface area contributed by atoms with Crippen molar-refractivity contribution in [2.45, 2.75) is 26.2 Å². The summed E-state index contributed by atoms with van der Waals surface area (Å²) in [5, 5.41) is 13.6. The first-order valence-corrected chi connectivity index (χ1v) is 14.4. The van der Waals surface area contributed by atoms with E-state index in [1.54, 1.807) is 12.1 Å². The number of pyridine rings is 1. The van der Waals surface area contributed by atoms with E-state index in [0.717, 1.165) is 60.6 Å². The zero-order valence-corrected chi connectivity index (χ0v) is 24.1. The number of hydrogen-bond acceptors (Lipinski definition) is 5. The summed E-state index contributed by atoms with van der Waals surface area (Å²) in [5.74, 6) is 0.506. The molecule has 8 aromatic rings. The minimum absolute atomic E-state index is 0.0604. The van der Waals surface area contributed by atoms with Crippen LogP contribution in [0.5, 0.6) is 5.75 Å². The maximum atomic E-state index is 10.5. The van der Waals surface area contributed by atoms with Gasteiger partial charge in [-0.05, 0) is 71.1 Å². The van der Waals surface area contributed by atoms with E-state index < -0.39 is 0 Å². The van der Waals surface area contributed by atoms with Crippen LogP contribution in [0.1, 0.15) is 26.3 Å². The molecule has 0 amide bonds. The first-order valence-electron chi connectivity index (χ1n) is 14.4. The second-order valence-electron chi connectivity index (χ2n) is 12.0. The van der Waals surface area contributed by atoms with E-state index in [1.165, 1.54) is 5.56 Å². The van der Waals surface area contributed by atoms with E-state index in [0.29, 0.717) is 17.0 Å². The third-order valence-corrected chi connectivity index (χ3v) is 8.20. The SMILES string of the molecule is CC(C)(C)c1cc(-c2cc(-c3cccc4oc(-c5ccccc5O)nc34)cc3c2oc2ccccc23)c2ncccc2c1. The number of fused-ring (bicyclic) bond motifs is 5. The van der Waals surface area contributed by atoms with Crippen LogP contribution in [0.15, 0.2) is 118 Å². The van der Waals surface area contributed by atoms with E-state index in [1.807, 2.05) is 54.7 Å². The molecule has 0 saturated carbocycles. The third-order valence-electron chi connectivity index (χ3n) is 8.20. The maximum Gasteiger partial charge on any atom is 0.231 e. The Morgan fingerprint density at radius 3 is 2.28 bits per heavy atom. The van der Waals surface area contributed by atoms with Crippen molar-refractivity contribution in [3.8, 4) is 39.5 Å². The molecule has 0 unspecified atom stereocenters. The number of nitrogens with zero attached hydrogens (tertiary/aromatic N) is 2. The molecule has 0 spiro atoms. The van der Waals surface area contributed by atoms with Gasteiger partial charge in [-0.2, -0.15) is 0 Å². The van der Waals surface area contributed by atoms with Gasteiger partial charge in [0.1, 0.15) is 22.4 Å². The van der Waals surface area contributed by atoms with Crippen LogP contribution in [0.25, 0.3) is 77.6 Å². The number of para-hydroxylation sites is 3. The number of phenols is 1. The van der Waals surface area contributed by atoms with Crippen molar-refractivity contribution in [2.24, 2.45) is 0 Å². The van der Waals surface area contributed by atoms with Gasteiger partial charge in [0, 0.05) is 39.0 Å². The van der Waals surface area contributed by atoms with Gasteiger partial charge in [0.15, 0.2) is 5.58 Å². The van der Waals surface area contributed by atoms with Crippen LogP contribution in [0.2, 0.25) is 0 Å². The van der Waals surface area contributed by atoms with Crippen molar-refractivity contribution in [1.29, 1.82) is 0 Å². The highest BCUT2D eigenvalue weighted by Gasteiger charge is 2.22. The molecular weight excluding hydrogens is 532 g/mol. The average Bonchev–Trinajstić information content (AvgIpc) is 3.62. The van der Waals surface area contributed by atoms with Crippen LogP contribution in [0.3, 0.4) is 0 Å². The van der Waals surface area contributed by atoms with Gasteiger partial charge in [-0.15, -0.1) is 0 Å². The highest BCUT2D eigenvalue weighted by Crippen LogP contribution is 2.44. The molecule has 1 N–H and O–H groups in total. The second kappa shape index (κ2) is 9.30. The van der Waals surface area contributed by atoms with E-state index in [9.17, 15) is 5.11 Å². The van der Waals surface area contributed by atoms with E-state index >= 15 is 0 Å². The minimum atomic E-state index is -0.0604. The number of benzene rings is 5. The van der Waals surface area contributed by atoms with Gasteiger partial charge in [-0.1, -0.05) is 69.3 Å². The Balaban J connectivity index is 1.45. The van der Waals surface area contributed by atoms with Crippen molar-refractivity contribution < 1.29 is 13.9 Å². The summed E-state index contributed by atoms with van der Waals surface area (Å²) < 4.78 is 12.7. The molecule has 8 rings (SSSR count). The number of phenolic OH excluding ortho intramolecular Hbond substituents is 1. The zero-order chi connectivity index (χ0) is 29.3. The maximum absolute atomic E-state index is 10.5. The highest BCUT2D eigenvalue weighted by molar-refractivity contribution is 6.14. The van der Waals surface area contributed by atoms with Gasteiger partial charge in [0.25, 0.3) is 0 Å². The molecule has 0 aliphatic heterocycles. The number of aromatic hydroxyl groups is 1. The first-order chi connectivity index (χ1) is 20.8. The lowest BCUT2D eigenvalue weighted by molar-refractivity contribution is 0.474. The van der Waals surface area contributed by atoms with Crippen LogP contribution in [0.4, 0.5) is 0 Å². The fourth-order valence-electron chi connectivity index (χ4n) is 5.96. The molecule has 0 atom stereocenters. The van der Waals surface area contributed by atoms with Crippen molar-refractivity contribution in [3.63, 3.8) is 0 Å². The third kappa shape index (κ3) is 4.08. The Morgan fingerprint density at radius 2 is 1.42 bits per heavy atom. The summed E-state index contributed by atoms with van der Waals surface area (Å²) in [6, 6.07) is 34.2. The smallest absolute Gasteiger partial charge is 0.231 e. The summed E-state index contributed by atoms with van der Waals surface area (Å²) in [5.41, 5.74) is 9.60. The molecule has 5 nitrogen and oxygen atoms in total. The molecule has 0 radical (unpaired) electrons. The largest absolute Gasteiger partial charge is 0.507 e. The number of furan rings is 1. The van der Waals surface area contributed by atoms with E-state index in [-0.39, 0.29) is 11.2 Å². The molecule has 5 aromatic carbocycles. The van der Waals surface area contributed by atoms with Gasteiger partial charge in [0.2, 0.25) is 5.89 Å². The summed E-state index contributed by atoms with van der Waals surface area (Å²) in [6.07, 6.45) is 1.85. The highest BCUT2D eigenvalue weighted by atomic mass is 16.4. The molecule has 3 heterocycles. The van der Waals surface area contributed by atoms with Crippen LogP contribution < -0.4 is 0 Å². The van der Waals surface area contributed by atoms with Gasteiger partial charge in [-0.25, -0.2) is 4.98 Å². The fourth-order valence-corrected chi connectivity index (χ4v) is 5.96. The van der Waals surface area contributed by atoms with Gasteiger partial charge in [0.05, 0.1) is 11.1 Å². The minimum Gasteiger partial charge on any atom is -0.507 e. The lowest BCUT2D eigenvalue weighted by Gasteiger charge is -2.21. The molecule has 5 heteroatoms. The van der Waals surface area contributed by atoms with Crippen LogP contribution in [-0.2, 0) is 5.41 Å². The van der Waals surface area contributed by atoms with Crippen LogP contribution in [-0.4, -0.2) is 15.1 Å². The molecule has 0 saturated heterocycles. The molecule has 0 aliphatic rings. The lowest BCUT2D eigenvalue weighted by Crippen LogP contribution is -2.11. The zero-order valence-electron chi connectivity index (χ0n) is 24.1. The van der Waals surface area contributed by atoms with Gasteiger partial charge < -0.3 is 13.9 Å². The fraction of sp³-hybridized carbons (Fsp3) is 0.105. The normalized spacial score (nSPS) is 12.2. The Morgan fingerprint density at radius 1 is 0.628 bits per heavy atom. The molecule has 0 aliphatic carbocycles. The van der Waals surface area contributed by atoms with Crippen LogP contribution in [0, 0.1) is 0 Å². The van der Waals surface area contributed by atoms with Gasteiger partial charge in [-0.3, -0.25) is 4.98 Å². The van der Waals surface area contributed by atoms with Crippen molar-refractivity contribution in [3.05, 3.63) is 115 Å². The molecule has 43 heavy (non-hydrogen) atoms. The summed E-state index contributed by atoms with van der Waals surface area (Å²) in [6.45, 7) is 6.69. The number of oxazole rings is 1. The number of aromatic nitrogens is 2. The molecule has 208 valence electrons. The Bertz CT molecular complexity index is 2350. The average molecular weight is 561 g/mol. The predicted octanol–water partition coefficient (Wildman–Crippen LogP) is 10.3. The molecular formula is C38H28N2O3. The number of hydrogen-bond donors (Lipinski definition) is 1. The van der Waals surface area contributed by atoms with Crippen molar-refractivity contribution in [1.82, 2.24) is 9.97 Å². The first kappa shape index (κ1) is 25.3. The molecule has 3 aromatic heterocycles.